The minimum atomic E-state index is -0.930. The van der Waals surface area contributed by atoms with Gasteiger partial charge in [-0.1, -0.05) is 11.6 Å². The van der Waals surface area contributed by atoms with E-state index in [1.165, 1.54) is 6.07 Å². The van der Waals surface area contributed by atoms with E-state index in [9.17, 15) is 9.59 Å². The molecule has 2 aliphatic rings. The zero-order chi connectivity index (χ0) is 12.9. The first-order valence-corrected chi connectivity index (χ1v) is 5.82. The molecule has 1 aromatic carbocycles. The van der Waals surface area contributed by atoms with E-state index >= 15 is 0 Å². The Morgan fingerprint density at radius 2 is 2.06 bits per heavy atom. The fraction of sp³-hybridized carbons (Fsp3) is 0.333. The predicted molar refractivity (Wildman–Crippen MR) is 61.1 cm³/mol. The highest BCUT2D eigenvalue weighted by atomic mass is 35.5. The molecule has 1 saturated carbocycles. The molecule has 1 aliphatic carbocycles. The lowest BCUT2D eigenvalue weighted by molar-refractivity contribution is -0.138. The van der Waals surface area contributed by atoms with E-state index < -0.39 is 17.8 Å². The number of ketones is 1. The Morgan fingerprint density at radius 3 is 2.72 bits per heavy atom. The fourth-order valence-corrected chi connectivity index (χ4v) is 2.35. The van der Waals surface area contributed by atoms with E-state index in [0.717, 1.165) is 0 Å². The molecular weight excluding hydrogens is 260 g/mol. The number of rotatable bonds is 3. The van der Waals surface area contributed by atoms with Crippen LogP contribution in [0.1, 0.15) is 16.8 Å². The zero-order valence-electron chi connectivity index (χ0n) is 9.18. The molecular formula is C12H9ClO5. The van der Waals surface area contributed by atoms with Crippen molar-refractivity contribution in [3.63, 3.8) is 0 Å². The third kappa shape index (κ3) is 1.71. The molecule has 1 N–H and O–H groups in total. The molecule has 18 heavy (non-hydrogen) atoms. The van der Waals surface area contributed by atoms with E-state index in [4.69, 9.17) is 26.2 Å². The monoisotopic (exact) mass is 268 g/mol. The van der Waals surface area contributed by atoms with Crippen LogP contribution in [0.15, 0.2) is 12.1 Å². The summed E-state index contributed by atoms with van der Waals surface area (Å²) in [5, 5.41) is 9.11. The Hall–Kier alpha value is -1.75. The summed E-state index contributed by atoms with van der Waals surface area (Å²) >= 11 is 5.97. The van der Waals surface area contributed by atoms with Crippen LogP contribution in [0.5, 0.6) is 11.5 Å². The highest BCUT2D eigenvalue weighted by Gasteiger charge is 2.48. The van der Waals surface area contributed by atoms with Crippen molar-refractivity contribution in [2.24, 2.45) is 11.8 Å². The third-order valence-corrected chi connectivity index (χ3v) is 3.44. The van der Waals surface area contributed by atoms with Crippen molar-refractivity contribution >= 4 is 23.4 Å². The molecule has 0 bridgehead atoms. The van der Waals surface area contributed by atoms with Crippen molar-refractivity contribution in [1.82, 2.24) is 0 Å². The molecule has 0 spiro atoms. The topological polar surface area (TPSA) is 72.8 Å². The second-order valence-corrected chi connectivity index (χ2v) is 4.75. The molecule has 0 saturated heterocycles. The van der Waals surface area contributed by atoms with Gasteiger partial charge in [0.1, 0.15) is 0 Å². The zero-order valence-corrected chi connectivity index (χ0v) is 9.94. The standard InChI is InChI=1S/C12H9ClO5/c13-8-1-5(2-9-11(8)18-4-17-9)10(14)6-3-7(6)12(15)16/h1-2,6-7H,3-4H2,(H,15,16)/t6-,7-/m0/s1. The normalized spacial score (nSPS) is 23.8. The van der Waals surface area contributed by atoms with Crippen LogP contribution in [0.25, 0.3) is 0 Å². The van der Waals surface area contributed by atoms with Crippen molar-refractivity contribution in [3.8, 4) is 11.5 Å². The Bertz CT molecular complexity index is 554. The van der Waals surface area contributed by atoms with Crippen molar-refractivity contribution in [2.45, 2.75) is 6.42 Å². The smallest absolute Gasteiger partial charge is 0.307 e. The highest BCUT2D eigenvalue weighted by Crippen LogP contribution is 2.44. The van der Waals surface area contributed by atoms with Gasteiger partial charge in [0.25, 0.3) is 0 Å². The van der Waals surface area contributed by atoms with Gasteiger partial charge in [0.2, 0.25) is 6.79 Å². The lowest BCUT2D eigenvalue weighted by atomic mass is 10.1. The van der Waals surface area contributed by atoms with Gasteiger partial charge in [-0.15, -0.1) is 0 Å². The number of benzene rings is 1. The van der Waals surface area contributed by atoms with Crippen molar-refractivity contribution in [1.29, 1.82) is 0 Å². The van der Waals surface area contributed by atoms with Gasteiger partial charge in [-0.05, 0) is 18.6 Å². The number of hydrogen-bond acceptors (Lipinski definition) is 4. The highest BCUT2D eigenvalue weighted by molar-refractivity contribution is 6.32. The molecule has 1 aliphatic heterocycles. The molecule has 6 heteroatoms. The second-order valence-electron chi connectivity index (χ2n) is 4.34. The number of halogens is 1. The number of carboxylic acid groups (broad SMARTS) is 1. The summed E-state index contributed by atoms with van der Waals surface area (Å²) in [6.07, 6.45) is 0.389. The van der Waals surface area contributed by atoms with Crippen molar-refractivity contribution in [2.75, 3.05) is 6.79 Å². The number of carbonyl (C=O) groups excluding carboxylic acids is 1. The average molecular weight is 269 g/mol. The summed E-state index contributed by atoms with van der Waals surface area (Å²) in [6, 6.07) is 3.04. The molecule has 0 unspecified atom stereocenters. The Kier molecular flexibility index (Phi) is 2.45. The number of hydrogen-bond donors (Lipinski definition) is 1. The summed E-state index contributed by atoms with van der Waals surface area (Å²) < 4.78 is 10.3. The second kappa shape index (κ2) is 3.88. The molecule has 5 nitrogen and oxygen atoms in total. The summed E-state index contributed by atoms with van der Waals surface area (Å²) in [6.45, 7) is 0.0773. The summed E-state index contributed by atoms with van der Waals surface area (Å²) in [5.41, 5.74) is 0.373. The maximum Gasteiger partial charge on any atom is 0.307 e. The number of carbonyl (C=O) groups is 2. The van der Waals surface area contributed by atoms with Crippen molar-refractivity contribution < 1.29 is 24.2 Å². The maximum absolute atomic E-state index is 12.1. The number of ether oxygens (including phenoxy) is 2. The molecule has 1 aromatic rings. The van der Waals surface area contributed by atoms with Crippen LogP contribution in [0.4, 0.5) is 0 Å². The lowest BCUT2D eigenvalue weighted by Gasteiger charge is -2.03. The van der Waals surface area contributed by atoms with Gasteiger partial charge in [-0.25, -0.2) is 0 Å². The predicted octanol–water partition coefficient (Wildman–Crippen LogP) is 1.97. The van der Waals surface area contributed by atoms with Gasteiger partial charge in [0, 0.05) is 11.5 Å². The molecule has 0 aromatic heterocycles. The van der Waals surface area contributed by atoms with Gasteiger partial charge < -0.3 is 14.6 Å². The number of aliphatic carboxylic acids is 1. The van der Waals surface area contributed by atoms with E-state index in [1.807, 2.05) is 0 Å². The summed E-state index contributed by atoms with van der Waals surface area (Å²) in [7, 11) is 0. The Balaban J connectivity index is 1.88. The Labute approximate surface area is 107 Å². The first-order chi connectivity index (χ1) is 8.58. The number of carboxylic acids is 1. The SMILES string of the molecule is O=C(O)[C@H]1C[C@@H]1C(=O)c1cc(Cl)c2c(c1)OCO2. The van der Waals surface area contributed by atoms with Gasteiger partial charge in [-0.3, -0.25) is 9.59 Å². The van der Waals surface area contributed by atoms with Gasteiger partial charge in [0.15, 0.2) is 17.3 Å². The first-order valence-electron chi connectivity index (χ1n) is 5.44. The van der Waals surface area contributed by atoms with E-state index in [-0.39, 0.29) is 12.6 Å². The largest absolute Gasteiger partial charge is 0.481 e. The average Bonchev–Trinajstić information content (AvgIpc) is 2.99. The van der Waals surface area contributed by atoms with Gasteiger partial charge in [0.05, 0.1) is 10.9 Å². The van der Waals surface area contributed by atoms with Crippen LogP contribution >= 0.6 is 11.6 Å². The van der Waals surface area contributed by atoms with E-state index in [2.05, 4.69) is 0 Å². The summed E-state index contributed by atoms with van der Waals surface area (Å²) in [5.74, 6) is -1.29. The Morgan fingerprint density at radius 1 is 1.28 bits per heavy atom. The van der Waals surface area contributed by atoms with Crippen LogP contribution < -0.4 is 9.47 Å². The minimum Gasteiger partial charge on any atom is -0.481 e. The van der Waals surface area contributed by atoms with Crippen LogP contribution in [0.2, 0.25) is 5.02 Å². The van der Waals surface area contributed by atoms with Crippen LogP contribution in [0.3, 0.4) is 0 Å². The molecule has 0 radical (unpaired) electrons. The summed E-state index contributed by atoms with van der Waals surface area (Å²) in [4.78, 5) is 22.8. The van der Waals surface area contributed by atoms with Crippen LogP contribution in [-0.4, -0.2) is 23.7 Å². The minimum absolute atomic E-state index is 0.0773. The van der Waals surface area contributed by atoms with Gasteiger partial charge in [-0.2, -0.15) is 0 Å². The molecule has 94 valence electrons. The van der Waals surface area contributed by atoms with Crippen molar-refractivity contribution in [3.05, 3.63) is 22.7 Å². The van der Waals surface area contributed by atoms with E-state index in [1.54, 1.807) is 6.07 Å². The molecule has 0 amide bonds. The number of fused-ring (bicyclic) bond motifs is 1. The van der Waals surface area contributed by atoms with Gasteiger partial charge >= 0.3 is 5.97 Å². The van der Waals surface area contributed by atoms with Crippen LogP contribution in [0, 0.1) is 11.8 Å². The molecule has 1 heterocycles. The van der Waals surface area contributed by atoms with E-state index in [0.29, 0.717) is 28.5 Å². The quantitative estimate of drug-likeness (QED) is 0.849. The lowest BCUT2D eigenvalue weighted by Crippen LogP contribution is -2.08. The maximum atomic E-state index is 12.1. The molecule has 3 rings (SSSR count). The third-order valence-electron chi connectivity index (χ3n) is 3.16. The molecule has 2 atom stereocenters. The fourth-order valence-electron chi connectivity index (χ4n) is 2.08. The first kappa shape index (κ1) is 11.3. The van der Waals surface area contributed by atoms with Crippen LogP contribution in [-0.2, 0) is 4.79 Å². The number of Topliss-reactive ketones (excluding diaryl/α,β-unsaturated/α-hetero) is 1. The molecule has 1 fully saturated rings.